The summed E-state index contributed by atoms with van der Waals surface area (Å²) in [5, 5.41) is 16.4. The number of aliphatic hydroxyl groups excluding tert-OH is 1. The molecule has 0 fully saturated rings. The Kier molecular flexibility index (Phi) is 6.24. The summed E-state index contributed by atoms with van der Waals surface area (Å²) in [6, 6.07) is 8.95. The Hall–Kier alpha value is -2.05. The van der Waals surface area contributed by atoms with Crippen LogP contribution >= 0.6 is 11.3 Å². The maximum atomic E-state index is 11.7. The first kappa shape index (κ1) is 16.3. The van der Waals surface area contributed by atoms with E-state index in [9.17, 15) is 9.90 Å². The Morgan fingerprint density at radius 2 is 2.18 bits per heavy atom. The number of nitrogens with one attached hydrogen (secondary N) is 1. The van der Waals surface area contributed by atoms with E-state index in [-0.39, 0.29) is 12.5 Å². The molecule has 1 heterocycles. The predicted molar refractivity (Wildman–Crippen MR) is 85.4 cm³/mol. The van der Waals surface area contributed by atoms with E-state index in [0.29, 0.717) is 24.5 Å². The lowest BCUT2D eigenvalue weighted by atomic mass is 10.1. The van der Waals surface area contributed by atoms with Crippen molar-refractivity contribution in [2.24, 2.45) is 0 Å². The third-order valence-corrected chi connectivity index (χ3v) is 3.78. The minimum absolute atomic E-state index is 0.0677. The van der Waals surface area contributed by atoms with Crippen LogP contribution in [-0.2, 0) is 4.79 Å². The fraction of sp³-hybridized carbons (Fsp3) is 0.312. The Morgan fingerprint density at radius 3 is 2.91 bits per heavy atom. The van der Waals surface area contributed by atoms with Crippen molar-refractivity contribution in [3.05, 3.63) is 46.7 Å². The molecule has 0 aliphatic carbocycles. The summed E-state index contributed by atoms with van der Waals surface area (Å²) < 4.78 is 10.5. The van der Waals surface area contributed by atoms with Crippen LogP contribution in [-0.4, -0.2) is 31.3 Å². The van der Waals surface area contributed by atoms with Crippen molar-refractivity contribution in [2.45, 2.75) is 12.5 Å². The lowest BCUT2D eigenvalue weighted by molar-refractivity contribution is -0.123. The highest BCUT2D eigenvalue weighted by atomic mass is 32.1. The van der Waals surface area contributed by atoms with Crippen molar-refractivity contribution >= 4 is 17.2 Å². The zero-order valence-electron chi connectivity index (χ0n) is 12.3. The van der Waals surface area contributed by atoms with E-state index in [1.807, 2.05) is 16.8 Å². The molecule has 22 heavy (non-hydrogen) atoms. The molecule has 5 nitrogen and oxygen atoms in total. The number of benzene rings is 1. The first-order chi connectivity index (χ1) is 10.7. The Labute approximate surface area is 133 Å². The number of hydrogen-bond acceptors (Lipinski definition) is 5. The number of amides is 1. The van der Waals surface area contributed by atoms with Gasteiger partial charge in [0.25, 0.3) is 5.91 Å². The van der Waals surface area contributed by atoms with Gasteiger partial charge in [-0.05, 0) is 40.9 Å². The summed E-state index contributed by atoms with van der Waals surface area (Å²) in [7, 11) is 1.57. The first-order valence-corrected chi connectivity index (χ1v) is 7.87. The van der Waals surface area contributed by atoms with Gasteiger partial charge in [-0.2, -0.15) is 11.3 Å². The zero-order chi connectivity index (χ0) is 15.8. The van der Waals surface area contributed by atoms with Crippen LogP contribution in [0.5, 0.6) is 11.5 Å². The molecule has 0 radical (unpaired) electrons. The number of carbonyl (C=O) groups is 1. The van der Waals surface area contributed by atoms with E-state index >= 15 is 0 Å². The standard InChI is InChI=1S/C16H19NO4S/c1-20-13-3-2-4-14(9-13)21-10-16(19)17-7-5-15(18)12-6-8-22-11-12/h2-4,6,8-9,11,15,18H,5,7,10H2,1H3,(H,17,19). The van der Waals surface area contributed by atoms with E-state index < -0.39 is 6.10 Å². The molecule has 0 aliphatic heterocycles. The van der Waals surface area contributed by atoms with E-state index in [2.05, 4.69) is 5.32 Å². The second-order valence-corrected chi connectivity index (χ2v) is 5.46. The molecule has 0 bridgehead atoms. The number of rotatable bonds is 8. The van der Waals surface area contributed by atoms with Gasteiger partial charge in [-0.1, -0.05) is 6.07 Å². The predicted octanol–water partition coefficient (Wildman–Crippen LogP) is 2.38. The van der Waals surface area contributed by atoms with Crippen LogP contribution in [0.3, 0.4) is 0 Å². The van der Waals surface area contributed by atoms with Crippen molar-refractivity contribution in [3.8, 4) is 11.5 Å². The van der Waals surface area contributed by atoms with Gasteiger partial charge in [0.15, 0.2) is 6.61 Å². The molecule has 0 saturated carbocycles. The number of aliphatic hydroxyl groups is 1. The molecule has 1 atom stereocenters. The minimum Gasteiger partial charge on any atom is -0.497 e. The summed E-state index contributed by atoms with van der Waals surface area (Å²) in [4.78, 5) is 11.7. The number of carbonyl (C=O) groups excluding carboxylic acids is 1. The molecule has 6 heteroatoms. The van der Waals surface area contributed by atoms with Crippen LogP contribution < -0.4 is 14.8 Å². The molecule has 2 aromatic rings. The monoisotopic (exact) mass is 321 g/mol. The molecular weight excluding hydrogens is 302 g/mol. The van der Waals surface area contributed by atoms with Gasteiger partial charge in [0, 0.05) is 12.6 Å². The molecule has 1 aromatic heterocycles. The quantitative estimate of drug-likeness (QED) is 0.783. The summed E-state index contributed by atoms with van der Waals surface area (Å²) in [6.07, 6.45) is -0.0763. The van der Waals surface area contributed by atoms with Gasteiger partial charge < -0.3 is 19.9 Å². The second kappa shape index (κ2) is 8.41. The van der Waals surface area contributed by atoms with Gasteiger partial charge in [0.2, 0.25) is 0 Å². The smallest absolute Gasteiger partial charge is 0.257 e. The SMILES string of the molecule is COc1cccc(OCC(=O)NCCC(O)c2ccsc2)c1. The number of ether oxygens (including phenoxy) is 2. The molecule has 2 N–H and O–H groups in total. The van der Waals surface area contributed by atoms with E-state index in [1.54, 1.807) is 31.4 Å². The van der Waals surface area contributed by atoms with E-state index in [4.69, 9.17) is 9.47 Å². The van der Waals surface area contributed by atoms with Crippen LogP contribution in [0, 0.1) is 0 Å². The van der Waals surface area contributed by atoms with E-state index in [1.165, 1.54) is 11.3 Å². The van der Waals surface area contributed by atoms with Crippen LogP contribution in [0.2, 0.25) is 0 Å². The highest BCUT2D eigenvalue weighted by Gasteiger charge is 2.09. The van der Waals surface area contributed by atoms with Crippen LogP contribution in [0.25, 0.3) is 0 Å². The topological polar surface area (TPSA) is 67.8 Å². The maximum absolute atomic E-state index is 11.7. The van der Waals surface area contributed by atoms with Gasteiger partial charge in [0.1, 0.15) is 11.5 Å². The van der Waals surface area contributed by atoms with Gasteiger partial charge in [-0.3, -0.25) is 4.79 Å². The summed E-state index contributed by atoms with van der Waals surface area (Å²) in [5.41, 5.74) is 0.881. The highest BCUT2D eigenvalue weighted by molar-refractivity contribution is 7.07. The van der Waals surface area contributed by atoms with E-state index in [0.717, 1.165) is 5.56 Å². The van der Waals surface area contributed by atoms with Crippen LogP contribution in [0.1, 0.15) is 18.1 Å². The van der Waals surface area contributed by atoms with Crippen molar-refractivity contribution in [1.82, 2.24) is 5.32 Å². The van der Waals surface area contributed by atoms with Crippen molar-refractivity contribution in [3.63, 3.8) is 0 Å². The zero-order valence-corrected chi connectivity index (χ0v) is 13.1. The first-order valence-electron chi connectivity index (χ1n) is 6.92. The Balaban J connectivity index is 1.67. The second-order valence-electron chi connectivity index (χ2n) is 4.68. The summed E-state index contributed by atoms with van der Waals surface area (Å²) >= 11 is 1.54. The third kappa shape index (κ3) is 5.05. The molecule has 0 spiro atoms. The fourth-order valence-electron chi connectivity index (χ4n) is 1.87. The van der Waals surface area contributed by atoms with Crippen LogP contribution in [0.4, 0.5) is 0 Å². The molecule has 118 valence electrons. The van der Waals surface area contributed by atoms with Gasteiger partial charge in [-0.15, -0.1) is 0 Å². The lowest BCUT2D eigenvalue weighted by Crippen LogP contribution is -2.30. The molecule has 1 aromatic carbocycles. The molecule has 0 aliphatic rings. The minimum atomic E-state index is -0.550. The number of hydrogen-bond donors (Lipinski definition) is 2. The summed E-state index contributed by atoms with van der Waals surface area (Å²) in [6.45, 7) is 0.332. The van der Waals surface area contributed by atoms with Gasteiger partial charge in [0.05, 0.1) is 13.2 Å². The average Bonchev–Trinajstić information content (AvgIpc) is 3.07. The number of methoxy groups -OCH3 is 1. The summed E-state index contributed by atoms with van der Waals surface area (Å²) in [5.74, 6) is 1.03. The van der Waals surface area contributed by atoms with Gasteiger partial charge in [-0.25, -0.2) is 0 Å². The molecule has 1 amide bonds. The largest absolute Gasteiger partial charge is 0.497 e. The molecule has 0 saturated heterocycles. The molecule has 1 unspecified atom stereocenters. The van der Waals surface area contributed by atoms with Crippen molar-refractivity contribution in [2.75, 3.05) is 20.3 Å². The highest BCUT2D eigenvalue weighted by Crippen LogP contribution is 2.19. The molecule has 2 rings (SSSR count). The van der Waals surface area contributed by atoms with Gasteiger partial charge >= 0.3 is 0 Å². The number of thiophene rings is 1. The Morgan fingerprint density at radius 1 is 1.36 bits per heavy atom. The van der Waals surface area contributed by atoms with Crippen molar-refractivity contribution in [1.29, 1.82) is 0 Å². The molecular formula is C16H19NO4S. The third-order valence-electron chi connectivity index (χ3n) is 3.08. The maximum Gasteiger partial charge on any atom is 0.257 e. The van der Waals surface area contributed by atoms with Crippen LogP contribution in [0.15, 0.2) is 41.1 Å². The lowest BCUT2D eigenvalue weighted by Gasteiger charge is -2.11. The Bertz CT molecular complexity index is 586. The normalized spacial score (nSPS) is 11.7. The fourth-order valence-corrected chi connectivity index (χ4v) is 2.58. The average molecular weight is 321 g/mol. The van der Waals surface area contributed by atoms with Crippen molar-refractivity contribution < 1.29 is 19.4 Å².